The first-order valence-corrected chi connectivity index (χ1v) is 8.82. The summed E-state index contributed by atoms with van der Waals surface area (Å²) in [6, 6.07) is 8.85. The third-order valence-electron chi connectivity index (χ3n) is 4.16. The fourth-order valence-corrected chi connectivity index (χ4v) is 2.97. The minimum absolute atomic E-state index is 0.152. The van der Waals surface area contributed by atoms with E-state index < -0.39 is 17.8 Å². The van der Waals surface area contributed by atoms with Crippen LogP contribution in [0.15, 0.2) is 36.4 Å². The van der Waals surface area contributed by atoms with E-state index in [0.29, 0.717) is 16.9 Å². The highest BCUT2D eigenvalue weighted by Crippen LogP contribution is 2.29. The van der Waals surface area contributed by atoms with Crippen LogP contribution in [0, 0.1) is 5.82 Å². The largest absolute Gasteiger partial charge is 0.497 e. The maximum absolute atomic E-state index is 13.9. The predicted molar refractivity (Wildman–Crippen MR) is 102 cm³/mol. The van der Waals surface area contributed by atoms with Gasteiger partial charge in [0.15, 0.2) is 0 Å². The molecule has 0 bridgehead atoms. The summed E-state index contributed by atoms with van der Waals surface area (Å²) in [6.07, 6.45) is 0. The van der Waals surface area contributed by atoms with Crippen LogP contribution < -0.4 is 14.8 Å². The average Bonchev–Trinajstić information content (AvgIpc) is 2.66. The van der Waals surface area contributed by atoms with Crippen molar-refractivity contribution in [2.45, 2.75) is 32.5 Å². The second-order valence-corrected chi connectivity index (χ2v) is 6.46. The molecule has 0 radical (unpaired) electrons. The zero-order valence-corrected chi connectivity index (χ0v) is 16.5. The maximum atomic E-state index is 13.9. The first-order valence-electron chi connectivity index (χ1n) is 8.44. The van der Waals surface area contributed by atoms with Gasteiger partial charge in [-0.3, -0.25) is 10.1 Å². The van der Waals surface area contributed by atoms with E-state index in [2.05, 4.69) is 5.32 Å². The molecule has 5 nitrogen and oxygen atoms in total. The van der Waals surface area contributed by atoms with Crippen molar-refractivity contribution >= 4 is 17.6 Å². The van der Waals surface area contributed by atoms with E-state index in [1.165, 1.54) is 19.2 Å². The Bertz CT molecular complexity index is 782. The molecule has 2 rings (SSSR count). The van der Waals surface area contributed by atoms with Crippen LogP contribution in [0.1, 0.15) is 31.0 Å². The standard InChI is InChI=1S/C20H23ClFNO4/c1-12(23-13(2)20(24)26-4)17-9-14(22)10-19(21)18(17)11-27-16-7-5-15(25-3)6-8-16/h5-10,12-13,23H,11H2,1-4H3. The smallest absolute Gasteiger partial charge is 0.322 e. The van der Waals surface area contributed by atoms with Crippen LogP contribution in [0.25, 0.3) is 0 Å². The van der Waals surface area contributed by atoms with Gasteiger partial charge in [-0.2, -0.15) is 0 Å². The first-order chi connectivity index (χ1) is 12.8. The number of ether oxygens (including phenoxy) is 3. The van der Waals surface area contributed by atoms with Crippen molar-refractivity contribution in [3.8, 4) is 11.5 Å². The monoisotopic (exact) mass is 395 g/mol. The number of carbonyl (C=O) groups is 1. The van der Waals surface area contributed by atoms with Crippen LogP contribution in [0.2, 0.25) is 5.02 Å². The number of nitrogens with one attached hydrogen (secondary N) is 1. The highest BCUT2D eigenvalue weighted by Gasteiger charge is 2.21. The molecule has 7 heteroatoms. The number of halogens is 2. The van der Waals surface area contributed by atoms with Crippen molar-refractivity contribution in [2.75, 3.05) is 14.2 Å². The summed E-state index contributed by atoms with van der Waals surface area (Å²) in [7, 11) is 2.91. The number of rotatable bonds is 8. The first kappa shape index (κ1) is 21.0. The van der Waals surface area contributed by atoms with Gasteiger partial charge in [-0.25, -0.2) is 4.39 Å². The minimum atomic E-state index is -0.553. The fraction of sp³-hybridized carbons (Fsp3) is 0.350. The zero-order valence-electron chi connectivity index (χ0n) is 15.7. The number of benzene rings is 2. The summed E-state index contributed by atoms with van der Waals surface area (Å²) < 4.78 is 29.5. The van der Waals surface area contributed by atoms with Crippen LogP contribution in [0.4, 0.5) is 4.39 Å². The Morgan fingerprint density at radius 3 is 2.37 bits per heavy atom. The predicted octanol–water partition coefficient (Wildman–Crippen LogP) is 4.28. The van der Waals surface area contributed by atoms with Crippen LogP contribution in [0.3, 0.4) is 0 Å². The van der Waals surface area contributed by atoms with E-state index in [9.17, 15) is 9.18 Å². The zero-order chi connectivity index (χ0) is 20.0. The SMILES string of the molecule is COC(=O)C(C)NC(C)c1cc(F)cc(Cl)c1COc1ccc(OC)cc1. The van der Waals surface area contributed by atoms with E-state index in [4.69, 9.17) is 25.8 Å². The number of carbonyl (C=O) groups excluding carboxylic acids is 1. The Labute approximate surface area is 163 Å². The molecule has 2 aromatic rings. The lowest BCUT2D eigenvalue weighted by molar-refractivity contribution is -0.142. The summed E-state index contributed by atoms with van der Waals surface area (Å²) in [5.41, 5.74) is 1.26. The Morgan fingerprint density at radius 1 is 1.15 bits per heavy atom. The van der Waals surface area contributed by atoms with Crippen molar-refractivity contribution < 1.29 is 23.4 Å². The topological polar surface area (TPSA) is 56.8 Å². The summed E-state index contributed by atoms with van der Waals surface area (Å²) >= 11 is 6.26. The van der Waals surface area contributed by atoms with Gasteiger partial charge in [0.2, 0.25) is 0 Å². The normalized spacial score (nSPS) is 13.0. The average molecular weight is 396 g/mol. The summed E-state index contributed by atoms with van der Waals surface area (Å²) in [5.74, 6) is 0.492. The van der Waals surface area contributed by atoms with Gasteiger partial charge in [-0.1, -0.05) is 11.6 Å². The Kier molecular flexibility index (Phi) is 7.45. The molecule has 146 valence electrons. The highest BCUT2D eigenvalue weighted by atomic mass is 35.5. The summed E-state index contributed by atoms with van der Waals surface area (Å²) in [5, 5.41) is 3.34. The van der Waals surface area contributed by atoms with Gasteiger partial charge in [-0.05, 0) is 55.8 Å². The second kappa shape index (κ2) is 9.58. The molecular weight excluding hydrogens is 373 g/mol. The van der Waals surface area contributed by atoms with Crippen LogP contribution in [0.5, 0.6) is 11.5 Å². The molecule has 0 amide bonds. The molecule has 2 aromatic carbocycles. The van der Waals surface area contributed by atoms with Crippen molar-refractivity contribution in [3.63, 3.8) is 0 Å². The second-order valence-electron chi connectivity index (χ2n) is 6.05. The molecule has 0 fully saturated rings. The molecule has 27 heavy (non-hydrogen) atoms. The summed E-state index contributed by atoms with van der Waals surface area (Å²) in [6.45, 7) is 3.65. The van der Waals surface area contributed by atoms with Crippen LogP contribution in [-0.4, -0.2) is 26.2 Å². The van der Waals surface area contributed by atoms with Gasteiger partial charge in [0.05, 0.1) is 19.2 Å². The lowest BCUT2D eigenvalue weighted by Crippen LogP contribution is -2.37. The quantitative estimate of drug-likeness (QED) is 0.676. The Balaban J connectivity index is 2.20. The van der Waals surface area contributed by atoms with Gasteiger partial charge >= 0.3 is 5.97 Å². The molecule has 0 aliphatic carbocycles. The lowest BCUT2D eigenvalue weighted by atomic mass is 10.0. The number of methoxy groups -OCH3 is 2. The lowest BCUT2D eigenvalue weighted by Gasteiger charge is -2.22. The Morgan fingerprint density at radius 2 is 1.78 bits per heavy atom. The van der Waals surface area contributed by atoms with Gasteiger partial charge in [0.1, 0.15) is 30.0 Å². The van der Waals surface area contributed by atoms with E-state index in [1.807, 2.05) is 6.92 Å². The van der Waals surface area contributed by atoms with Gasteiger partial charge in [-0.15, -0.1) is 0 Å². The van der Waals surface area contributed by atoms with E-state index >= 15 is 0 Å². The van der Waals surface area contributed by atoms with E-state index in [-0.39, 0.29) is 17.7 Å². The van der Waals surface area contributed by atoms with Gasteiger partial charge in [0.25, 0.3) is 0 Å². The molecular formula is C20H23ClFNO4. The van der Waals surface area contributed by atoms with Crippen LogP contribution in [-0.2, 0) is 16.1 Å². The van der Waals surface area contributed by atoms with Gasteiger partial charge < -0.3 is 14.2 Å². The molecule has 0 saturated carbocycles. The third-order valence-corrected chi connectivity index (χ3v) is 4.50. The molecule has 0 aliphatic heterocycles. The molecule has 0 aromatic heterocycles. The number of esters is 1. The van der Waals surface area contributed by atoms with Crippen molar-refractivity contribution in [2.24, 2.45) is 0 Å². The molecule has 2 unspecified atom stereocenters. The highest BCUT2D eigenvalue weighted by molar-refractivity contribution is 6.31. The molecule has 0 aliphatic rings. The molecule has 0 saturated heterocycles. The van der Waals surface area contributed by atoms with Crippen molar-refractivity contribution in [1.82, 2.24) is 5.32 Å². The maximum Gasteiger partial charge on any atom is 0.322 e. The van der Waals surface area contributed by atoms with E-state index in [1.54, 1.807) is 38.3 Å². The van der Waals surface area contributed by atoms with Crippen molar-refractivity contribution in [3.05, 3.63) is 58.4 Å². The summed E-state index contributed by atoms with van der Waals surface area (Å²) in [4.78, 5) is 11.6. The third kappa shape index (κ3) is 5.58. The number of hydrogen-bond acceptors (Lipinski definition) is 5. The number of hydrogen-bond donors (Lipinski definition) is 1. The Hall–Kier alpha value is -2.31. The minimum Gasteiger partial charge on any atom is -0.497 e. The van der Waals surface area contributed by atoms with Gasteiger partial charge in [0, 0.05) is 11.6 Å². The molecule has 2 atom stereocenters. The van der Waals surface area contributed by atoms with Crippen LogP contribution >= 0.6 is 11.6 Å². The molecule has 0 spiro atoms. The fourth-order valence-electron chi connectivity index (χ4n) is 2.70. The molecule has 1 N–H and O–H groups in total. The van der Waals surface area contributed by atoms with E-state index in [0.717, 1.165) is 5.75 Å². The van der Waals surface area contributed by atoms with Crippen molar-refractivity contribution in [1.29, 1.82) is 0 Å². The molecule has 0 heterocycles.